The summed E-state index contributed by atoms with van der Waals surface area (Å²) in [5.74, 6) is 0.248. The van der Waals surface area contributed by atoms with Gasteiger partial charge in [-0.25, -0.2) is 0 Å². The van der Waals surface area contributed by atoms with E-state index in [0.717, 1.165) is 11.3 Å². The van der Waals surface area contributed by atoms with Gasteiger partial charge in [0.1, 0.15) is 5.75 Å². The minimum absolute atomic E-state index is 0.248. The molecular formula is C13H12N2O. The zero-order valence-corrected chi connectivity index (χ0v) is 8.67. The highest BCUT2D eigenvalue weighted by Crippen LogP contribution is 2.13. The fourth-order valence-corrected chi connectivity index (χ4v) is 1.26. The second kappa shape index (κ2) is 4.98. The molecule has 16 heavy (non-hydrogen) atoms. The van der Waals surface area contributed by atoms with E-state index in [4.69, 9.17) is 5.11 Å². The van der Waals surface area contributed by atoms with Gasteiger partial charge >= 0.3 is 0 Å². The second-order valence-corrected chi connectivity index (χ2v) is 3.33. The van der Waals surface area contributed by atoms with Crippen LogP contribution >= 0.6 is 0 Å². The minimum atomic E-state index is 0.248. The van der Waals surface area contributed by atoms with Crippen LogP contribution in [0, 0.1) is 0 Å². The Morgan fingerprint density at radius 3 is 2.31 bits per heavy atom. The van der Waals surface area contributed by atoms with E-state index in [2.05, 4.69) is 10.5 Å². The predicted molar refractivity (Wildman–Crippen MR) is 65.8 cm³/mol. The molecule has 3 heteroatoms. The molecule has 0 heterocycles. The molecule has 0 aliphatic rings. The van der Waals surface area contributed by atoms with Crippen molar-refractivity contribution in [2.75, 3.05) is 5.43 Å². The maximum atomic E-state index is 9.09. The van der Waals surface area contributed by atoms with Crippen LogP contribution in [0.3, 0.4) is 0 Å². The third-order valence-electron chi connectivity index (χ3n) is 2.07. The average molecular weight is 212 g/mol. The SMILES string of the molecule is Oc1ccc(N/N=C/c2ccccc2)cc1. The van der Waals surface area contributed by atoms with Gasteiger partial charge in [-0.15, -0.1) is 0 Å². The molecule has 0 aromatic heterocycles. The summed E-state index contributed by atoms with van der Waals surface area (Å²) in [7, 11) is 0. The van der Waals surface area contributed by atoms with E-state index in [1.165, 1.54) is 0 Å². The van der Waals surface area contributed by atoms with E-state index in [1.807, 2.05) is 30.3 Å². The lowest BCUT2D eigenvalue weighted by molar-refractivity contribution is 0.475. The van der Waals surface area contributed by atoms with Crippen LogP contribution in [0.2, 0.25) is 0 Å². The van der Waals surface area contributed by atoms with Crippen molar-refractivity contribution in [2.45, 2.75) is 0 Å². The molecule has 0 amide bonds. The van der Waals surface area contributed by atoms with Gasteiger partial charge in [0.2, 0.25) is 0 Å². The van der Waals surface area contributed by atoms with Gasteiger partial charge in [0.25, 0.3) is 0 Å². The first-order valence-corrected chi connectivity index (χ1v) is 4.98. The summed E-state index contributed by atoms with van der Waals surface area (Å²) in [4.78, 5) is 0. The van der Waals surface area contributed by atoms with E-state index in [-0.39, 0.29) is 5.75 Å². The smallest absolute Gasteiger partial charge is 0.115 e. The lowest BCUT2D eigenvalue weighted by atomic mass is 10.2. The molecule has 0 saturated heterocycles. The van der Waals surface area contributed by atoms with Crippen molar-refractivity contribution >= 4 is 11.9 Å². The molecule has 0 atom stereocenters. The van der Waals surface area contributed by atoms with Crippen LogP contribution in [0.5, 0.6) is 5.75 Å². The molecule has 3 nitrogen and oxygen atoms in total. The zero-order valence-electron chi connectivity index (χ0n) is 8.67. The van der Waals surface area contributed by atoms with Crippen LogP contribution in [0.1, 0.15) is 5.56 Å². The van der Waals surface area contributed by atoms with Gasteiger partial charge in [-0.3, -0.25) is 5.43 Å². The van der Waals surface area contributed by atoms with Crippen molar-refractivity contribution in [3.8, 4) is 5.75 Å². The lowest BCUT2D eigenvalue weighted by Crippen LogP contribution is -1.89. The van der Waals surface area contributed by atoms with Crippen LogP contribution in [0.15, 0.2) is 59.7 Å². The Bertz CT molecular complexity index is 463. The highest BCUT2D eigenvalue weighted by molar-refractivity contribution is 5.80. The van der Waals surface area contributed by atoms with Crippen LogP contribution in [0.25, 0.3) is 0 Å². The molecule has 80 valence electrons. The molecule has 0 aliphatic heterocycles. The van der Waals surface area contributed by atoms with Crippen molar-refractivity contribution in [1.82, 2.24) is 0 Å². The Morgan fingerprint density at radius 1 is 0.938 bits per heavy atom. The molecule has 0 radical (unpaired) electrons. The first-order valence-electron chi connectivity index (χ1n) is 4.98. The van der Waals surface area contributed by atoms with Gasteiger partial charge in [-0.2, -0.15) is 5.10 Å². The first kappa shape index (κ1) is 10.2. The van der Waals surface area contributed by atoms with Crippen LogP contribution in [-0.2, 0) is 0 Å². The van der Waals surface area contributed by atoms with Gasteiger partial charge in [0, 0.05) is 0 Å². The largest absolute Gasteiger partial charge is 0.508 e. The van der Waals surface area contributed by atoms with Gasteiger partial charge in [-0.1, -0.05) is 30.3 Å². The normalized spacial score (nSPS) is 10.5. The molecule has 0 spiro atoms. The van der Waals surface area contributed by atoms with Crippen LogP contribution in [-0.4, -0.2) is 11.3 Å². The number of rotatable bonds is 3. The van der Waals surface area contributed by atoms with Crippen molar-refractivity contribution in [1.29, 1.82) is 0 Å². The zero-order chi connectivity index (χ0) is 11.2. The Morgan fingerprint density at radius 2 is 1.62 bits per heavy atom. The fraction of sp³-hybridized carbons (Fsp3) is 0. The summed E-state index contributed by atoms with van der Waals surface area (Å²) >= 11 is 0. The summed E-state index contributed by atoms with van der Waals surface area (Å²) in [6, 6.07) is 16.6. The third-order valence-corrected chi connectivity index (χ3v) is 2.07. The van der Waals surface area contributed by atoms with Gasteiger partial charge < -0.3 is 5.11 Å². The molecule has 0 unspecified atom stereocenters. The van der Waals surface area contributed by atoms with E-state index in [1.54, 1.807) is 30.5 Å². The Balaban J connectivity index is 1.97. The topological polar surface area (TPSA) is 44.6 Å². The summed E-state index contributed by atoms with van der Waals surface area (Å²) in [5.41, 5.74) is 4.75. The molecule has 2 aromatic rings. The maximum Gasteiger partial charge on any atom is 0.115 e. The Kier molecular flexibility index (Phi) is 3.18. The highest BCUT2D eigenvalue weighted by Gasteiger charge is 1.89. The number of anilines is 1. The lowest BCUT2D eigenvalue weighted by Gasteiger charge is -1.99. The van der Waals surface area contributed by atoms with E-state index in [9.17, 15) is 0 Å². The number of phenolic OH excluding ortho intramolecular Hbond substituents is 1. The van der Waals surface area contributed by atoms with Crippen molar-refractivity contribution < 1.29 is 5.11 Å². The predicted octanol–water partition coefficient (Wildman–Crippen LogP) is 2.84. The number of hydrogen-bond donors (Lipinski definition) is 2. The summed E-state index contributed by atoms with van der Waals surface area (Å²) < 4.78 is 0. The van der Waals surface area contributed by atoms with Crippen molar-refractivity contribution in [3.05, 3.63) is 60.2 Å². The second-order valence-electron chi connectivity index (χ2n) is 3.33. The number of hydrazone groups is 1. The average Bonchev–Trinajstić information content (AvgIpc) is 2.33. The number of aromatic hydroxyl groups is 1. The summed E-state index contributed by atoms with van der Waals surface area (Å²) in [5, 5.41) is 13.2. The maximum absolute atomic E-state index is 9.09. The number of nitrogens with one attached hydrogen (secondary N) is 1. The van der Waals surface area contributed by atoms with Gasteiger partial charge in [0.05, 0.1) is 11.9 Å². The van der Waals surface area contributed by atoms with E-state index in [0.29, 0.717) is 0 Å². The monoisotopic (exact) mass is 212 g/mol. The molecule has 2 rings (SSSR count). The van der Waals surface area contributed by atoms with Crippen molar-refractivity contribution in [3.63, 3.8) is 0 Å². The molecule has 0 aliphatic carbocycles. The van der Waals surface area contributed by atoms with Crippen LogP contribution < -0.4 is 5.43 Å². The number of nitrogens with zero attached hydrogens (tertiary/aromatic N) is 1. The van der Waals surface area contributed by atoms with Gasteiger partial charge in [-0.05, 0) is 29.8 Å². The number of phenols is 1. The molecular weight excluding hydrogens is 200 g/mol. The molecule has 0 bridgehead atoms. The number of benzene rings is 2. The third kappa shape index (κ3) is 2.85. The van der Waals surface area contributed by atoms with Crippen molar-refractivity contribution in [2.24, 2.45) is 5.10 Å². The molecule has 2 aromatic carbocycles. The number of hydrogen-bond acceptors (Lipinski definition) is 3. The minimum Gasteiger partial charge on any atom is -0.508 e. The van der Waals surface area contributed by atoms with Crippen LogP contribution in [0.4, 0.5) is 5.69 Å². The Labute approximate surface area is 94.1 Å². The molecule has 0 saturated carbocycles. The van der Waals surface area contributed by atoms with E-state index >= 15 is 0 Å². The molecule has 2 N–H and O–H groups in total. The quantitative estimate of drug-likeness (QED) is 0.467. The van der Waals surface area contributed by atoms with Gasteiger partial charge in [0.15, 0.2) is 0 Å². The molecule has 0 fully saturated rings. The summed E-state index contributed by atoms with van der Waals surface area (Å²) in [6.07, 6.45) is 1.74. The highest BCUT2D eigenvalue weighted by atomic mass is 16.3. The summed E-state index contributed by atoms with van der Waals surface area (Å²) in [6.45, 7) is 0. The first-order chi connectivity index (χ1) is 7.84. The fourth-order valence-electron chi connectivity index (χ4n) is 1.26. The van der Waals surface area contributed by atoms with E-state index < -0.39 is 0 Å². The standard InChI is InChI=1S/C13H12N2O/c16-13-8-6-12(7-9-13)15-14-10-11-4-2-1-3-5-11/h1-10,15-16H/b14-10+. The Hall–Kier alpha value is -2.29.